The molecular formula is C14H20FNO4. The Hall–Kier alpha value is -1.50. The number of hydrogen-bond acceptors (Lipinski definition) is 4. The fourth-order valence-electron chi connectivity index (χ4n) is 1.85. The van der Waals surface area contributed by atoms with E-state index in [-0.39, 0.29) is 5.56 Å². The summed E-state index contributed by atoms with van der Waals surface area (Å²) in [6, 6.07) is 3.70. The zero-order valence-electron chi connectivity index (χ0n) is 11.8. The van der Waals surface area contributed by atoms with E-state index in [1.54, 1.807) is 14.2 Å². The lowest BCUT2D eigenvalue weighted by Gasteiger charge is -2.22. The summed E-state index contributed by atoms with van der Waals surface area (Å²) in [6.07, 6.45) is 0. The third kappa shape index (κ3) is 5.24. The molecule has 0 bridgehead atoms. The van der Waals surface area contributed by atoms with Crippen molar-refractivity contribution in [1.82, 2.24) is 4.90 Å². The first-order chi connectivity index (χ1) is 9.58. The fourth-order valence-corrected chi connectivity index (χ4v) is 1.85. The second-order valence-electron chi connectivity index (χ2n) is 4.37. The Labute approximate surface area is 117 Å². The van der Waals surface area contributed by atoms with E-state index in [0.717, 1.165) is 6.07 Å². The van der Waals surface area contributed by atoms with Gasteiger partial charge in [-0.3, -0.25) is 4.90 Å². The molecular weight excluding hydrogens is 265 g/mol. The third-order valence-electron chi connectivity index (χ3n) is 2.91. The number of nitrogens with zero attached hydrogens (tertiary/aromatic N) is 1. The number of hydrogen-bond donors (Lipinski definition) is 1. The number of methoxy groups -OCH3 is 2. The summed E-state index contributed by atoms with van der Waals surface area (Å²) in [7, 11) is 3.19. The monoisotopic (exact) mass is 285 g/mol. The van der Waals surface area contributed by atoms with Crippen LogP contribution < -0.4 is 0 Å². The molecule has 112 valence electrons. The predicted octanol–water partition coefficient (Wildman–Crippen LogP) is 1.62. The van der Waals surface area contributed by atoms with E-state index in [0.29, 0.717) is 38.4 Å². The van der Waals surface area contributed by atoms with Gasteiger partial charge in [0.15, 0.2) is 0 Å². The summed E-state index contributed by atoms with van der Waals surface area (Å²) in [6.45, 7) is 2.61. The molecule has 0 aliphatic rings. The Morgan fingerprint density at radius 3 is 2.35 bits per heavy atom. The van der Waals surface area contributed by atoms with Crippen molar-refractivity contribution in [2.24, 2.45) is 0 Å². The van der Waals surface area contributed by atoms with Crippen molar-refractivity contribution in [2.75, 3.05) is 40.5 Å². The molecule has 20 heavy (non-hydrogen) atoms. The van der Waals surface area contributed by atoms with Crippen LogP contribution >= 0.6 is 0 Å². The second-order valence-corrected chi connectivity index (χ2v) is 4.37. The number of rotatable bonds is 9. The van der Waals surface area contributed by atoms with Crippen molar-refractivity contribution in [3.05, 3.63) is 35.1 Å². The smallest absolute Gasteiger partial charge is 0.336 e. The molecule has 1 aromatic carbocycles. The van der Waals surface area contributed by atoms with E-state index in [9.17, 15) is 9.18 Å². The molecule has 6 heteroatoms. The predicted molar refractivity (Wildman–Crippen MR) is 72.4 cm³/mol. The minimum Gasteiger partial charge on any atom is -0.478 e. The normalized spacial score (nSPS) is 11.0. The Kier molecular flexibility index (Phi) is 7.14. The largest absolute Gasteiger partial charge is 0.478 e. The van der Waals surface area contributed by atoms with Gasteiger partial charge in [0.1, 0.15) is 5.82 Å². The first-order valence-electron chi connectivity index (χ1n) is 6.30. The second kappa shape index (κ2) is 8.63. The molecule has 1 N–H and O–H groups in total. The van der Waals surface area contributed by atoms with Crippen LogP contribution in [0.15, 0.2) is 18.2 Å². The van der Waals surface area contributed by atoms with Crippen LogP contribution in [-0.2, 0) is 16.0 Å². The lowest BCUT2D eigenvalue weighted by Crippen LogP contribution is -2.31. The van der Waals surface area contributed by atoms with Gasteiger partial charge in [-0.25, -0.2) is 9.18 Å². The Bertz CT molecular complexity index is 431. The van der Waals surface area contributed by atoms with Gasteiger partial charge in [-0.15, -0.1) is 0 Å². The molecule has 5 nitrogen and oxygen atoms in total. The molecule has 0 amide bonds. The van der Waals surface area contributed by atoms with Gasteiger partial charge in [0, 0.05) is 33.9 Å². The van der Waals surface area contributed by atoms with Gasteiger partial charge in [0.05, 0.1) is 18.8 Å². The fraction of sp³-hybridized carbons (Fsp3) is 0.500. The number of carboxylic acids is 1. The van der Waals surface area contributed by atoms with Gasteiger partial charge in [0.2, 0.25) is 0 Å². The number of halogens is 1. The van der Waals surface area contributed by atoms with Gasteiger partial charge >= 0.3 is 5.97 Å². The van der Waals surface area contributed by atoms with Crippen molar-refractivity contribution in [3.8, 4) is 0 Å². The van der Waals surface area contributed by atoms with Crippen LogP contribution in [0.3, 0.4) is 0 Å². The summed E-state index contributed by atoms with van der Waals surface area (Å²) in [5, 5.41) is 9.13. The van der Waals surface area contributed by atoms with E-state index in [1.165, 1.54) is 12.1 Å². The highest BCUT2D eigenvalue weighted by Gasteiger charge is 2.14. The zero-order valence-corrected chi connectivity index (χ0v) is 11.8. The van der Waals surface area contributed by atoms with Gasteiger partial charge < -0.3 is 14.6 Å². The quantitative estimate of drug-likeness (QED) is 0.747. The average Bonchev–Trinajstić information content (AvgIpc) is 2.41. The topological polar surface area (TPSA) is 59.0 Å². The highest BCUT2D eigenvalue weighted by atomic mass is 19.1. The third-order valence-corrected chi connectivity index (χ3v) is 2.91. The van der Waals surface area contributed by atoms with Crippen LogP contribution in [0.4, 0.5) is 4.39 Å². The number of ether oxygens (including phenoxy) is 2. The molecule has 0 saturated carbocycles. The molecule has 0 saturated heterocycles. The molecule has 0 aliphatic carbocycles. The SMILES string of the molecule is COCCN(CCOC)Cc1cc(F)ccc1C(=O)O. The molecule has 1 rings (SSSR count). The van der Waals surface area contributed by atoms with Crippen molar-refractivity contribution < 1.29 is 23.8 Å². The number of carboxylic acid groups (broad SMARTS) is 1. The van der Waals surface area contributed by atoms with E-state index in [1.807, 2.05) is 4.90 Å². The van der Waals surface area contributed by atoms with Gasteiger partial charge in [0.25, 0.3) is 0 Å². The van der Waals surface area contributed by atoms with E-state index < -0.39 is 11.8 Å². The summed E-state index contributed by atoms with van der Waals surface area (Å²) >= 11 is 0. The van der Waals surface area contributed by atoms with E-state index >= 15 is 0 Å². The zero-order chi connectivity index (χ0) is 15.0. The van der Waals surface area contributed by atoms with E-state index in [4.69, 9.17) is 14.6 Å². The number of benzene rings is 1. The minimum absolute atomic E-state index is 0.117. The maximum atomic E-state index is 13.3. The van der Waals surface area contributed by atoms with Crippen LogP contribution in [0, 0.1) is 5.82 Å². The van der Waals surface area contributed by atoms with Gasteiger partial charge in [-0.1, -0.05) is 0 Å². The maximum absolute atomic E-state index is 13.3. The lowest BCUT2D eigenvalue weighted by molar-refractivity contribution is 0.0693. The first kappa shape index (κ1) is 16.6. The molecule has 0 fully saturated rings. The molecule has 0 radical (unpaired) electrons. The van der Waals surface area contributed by atoms with Crippen molar-refractivity contribution in [2.45, 2.75) is 6.54 Å². The van der Waals surface area contributed by atoms with Crippen molar-refractivity contribution in [1.29, 1.82) is 0 Å². The van der Waals surface area contributed by atoms with Gasteiger partial charge in [-0.2, -0.15) is 0 Å². The first-order valence-corrected chi connectivity index (χ1v) is 6.30. The molecule has 0 aromatic heterocycles. The highest BCUT2D eigenvalue weighted by Crippen LogP contribution is 2.14. The Balaban J connectivity index is 2.84. The molecule has 0 unspecified atom stereocenters. The van der Waals surface area contributed by atoms with E-state index in [2.05, 4.69) is 0 Å². The van der Waals surface area contributed by atoms with Gasteiger partial charge in [-0.05, 0) is 23.8 Å². The summed E-state index contributed by atoms with van der Waals surface area (Å²) in [4.78, 5) is 13.1. The van der Waals surface area contributed by atoms with Crippen molar-refractivity contribution >= 4 is 5.97 Å². The lowest BCUT2D eigenvalue weighted by atomic mass is 10.1. The van der Waals surface area contributed by atoms with Crippen LogP contribution in [0.2, 0.25) is 0 Å². The Morgan fingerprint density at radius 2 is 1.85 bits per heavy atom. The minimum atomic E-state index is -1.06. The summed E-state index contributed by atoms with van der Waals surface area (Å²) in [5.41, 5.74) is 0.566. The summed E-state index contributed by atoms with van der Waals surface area (Å²) < 4.78 is 23.3. The summed E-state index contributed by atoms with van der Waals surface area (Å²) in [5.74, 6) is -1.50. The van der Waals surface area contributed by atoms with Crippen LogP contribution in [0.25, 0.3) is 0 Å². The standard InChI is InChI=1S/C14H20FNO4/c1-19-7-5-16(6-8-20-2)10-11-9-12(15)3-4-13(11)14(17)18/h3-4,9H,5-8,10H2,1-2H3,(H,17,18). The van der Waals surface area contributed by atoms with Crippen LogP contribution in [-0.4, -0.2) is 56.5 Å². The van der Waals surface area contributed by atoms with Crippen molar-refractivity contribution in [3.63, 3.8) is 0 Å². The Morgan fingerprint density at radius 1 is 1.25 bits per heavy atom. The molecule has 0 atom stereocenters. The molecule has 0 heterocycles. The van der Waals surface area contributed by atoms with Crippen LogP contribution in [0.5, 0.6) is 0 Å². The number of carbonyl (C=O) groups is 1. The highest BCUT2D eigenvalue weighted by molar-refractivity contribution is 5.89. The number of aromatic carboxylic acids is 1. The molecule has 0 aliphatic heterocycles. The average molecular weight is 285 g/mol. The molecule has 1 aromatic rings. The maximum Gasteiger partial charge on any atom is 0.336 e. The van der Waals surface area contributed by atoms with Crippen LogP contribution in [0.1, 0.15) is 15.9 Å². The molecule has 0 spiro atoms.